The van der Waals surface area contributed by atoms with Gasteiger partial charge < -0.3 is 15.8 Å². The standard InChI is InChI=1S/C9H10N2O2/c10-5-9(13)11-8-3-1-2-7(4-8)6-12/h1-5,10,12H,6H2,(H,11,13). The molecule has 13 heavy (non-hydrogen) atoms. The van der Waals surface area contributed by atoms with E-state index in [0.29, 0.717) is 11.9 Å². The largest absolute Gasteiger partial charge is 0.392 e. The SMILES string of the molecule is N=CC(=O)Nc1cccc(CO)c1. The molecule has 0 aliphatic heterocycles. The summed E-state index contributed by atoms with van der Waals surface area (Å²) in [7, 11) is 0. The average Bonchev–Trinajstić information content (AvgIpc) is 2.18. The Morgan fingerprint density at radius 1 is 1.62 bits per heavy atom. The van der Waals surface area contributed by atoms with Gasteiger partial charge in [-0.2, -0.15) is 0 Å². The zero-order valence-electron chi connectivity index (χ0n) is 6.95. The molecule has 0 aliphatic rings. The molecule has 0 heterocycles. The minimum atomic E-state index is -0.477. The molecule has 4 heteroatoms. The van der Waals surface area contributed by atoms with Crippen LogP contribution in [-0.4, -0.2) is 17.2 Å². The fourth-order valence-corrected chi connectivity index (χ4v) is 0.926. The van der Waals surface area contributed by atoms with E-state index in [2.05, 4.69) is 5.32 Å². The van der Waals surface area contributed by atoms with Crippen LogP contribution in [0.15, 0.2) is 24.3 Å². The molecule has 0 saturated carbocycles. The summed E-state index contributed by atoms with van der Waals surface area (Å²) in [6, 6.07) is 6.83. The molecule has 0 unspecified atom stereocenters. The van der Waals surface area contributed by atoms with Crippen LogP contribution in [0, 0.1) is 5.41 Å². The first-order valence-electron chi connectivity index (χ1n) is 3.77. The van der Waals surface area contributed by atoms with E-state index in [-0.39, 0.29) is 6.61 Å². The van der Waals surface area contributed by atoms with Crippen molar-refractivity contribution >= 4 is 17.8 Å². The molecule has 3 N–H and O–H groups in total. The summed E-state index contributed by atoms with van der Waals surface area (Å²) in [5.41, 5.74) is 1.31. The lowest BCUT2D eigenvalue weighted by atomic mass is 10.2. The van der Waals surface area contributed by atoms with E-state index in [9.17, 15) is 4.79 Å². The highest BCUT2D eigenvalue weighted by molar-refractivity contribution is 6.30. The Bertz CT molecular complexity index is 323. The maximum atomic E-state index is 10.8. The number of hydrogen-bond acceptors (Lipinski definition) is 3. The molecule has 1 amide bonds. The fraction of sp³-hybridized carbons (Fsp3) is 0.111. The predicted octanol–water partition coefficient (Wildman–Crippen LogP) is 0.767. The van der Waals surface area contributed by atoms with Crippen LogP contribution in [0.4, 0.5) is 5.69 Å². The van der Waals surface area contributed by atoms with Gasteiger partial charge in [-0.15, -0.1) is 0 Å². The highest BCUT2D eigenvalue weighted by atomic mass is 16.3. The van der Waals surface area contributed by atoms with Gasteiger partial charge in [0, 0.05) is 5.69 Å². The van der Waals surface area contributed by atoms with Crippen LogP contribution < -0.4 is 5.32 Å². The third-order valence-corrected chi connectivity index (χ3v) is 1.51. The van der Waals surface area contributed by atoms with Crippen LogP contribution in [0.1, 0.15) is 5.56 Å². The lowest BCUT2D eigenvalue weighted by Gasteiger charge is -2.02. The van der Waals surface area contributed by atoms with Gasteiger partial charge in [0.1, 0.15) is 0 Å². The zero-order valence-corrected chi connectivity index (χ0v) is 6.95. The van der Waals surface area contributed by atoms with Crippen LogP contribution in [0.25, 0.3) is 0 Å². The molecule has 0 fully saturated rings. The van der Waals surface area contributed by atoms with Crippen molar-refractivity contribution < 1.29 is 9.90 Å². The van der Waals surface area contributed by atoms with E-state index in [1.54, 1.807) is 24.3 Å². The second kappa shape index (κ2) is 4.37. The van der Waals surface area contributed by atoms with Gasteiger partial charge in [0.25, 0.3) is 5.91 Å². The average molecular weight is 178 g/mol. The molecule has 0 atom stereocenters. The Labute approximate surface area is 75.7 Å². The topological polar surface area (TPSA) is 73.2 Å². The number of benzene rings is 1. The molecule has 0 aliphatic carbocycles. The van der Waals surface area contributed by atoms with E-state index in [4.69, 9.17) is 10.5 Å². The molecule has 0 bridgehead atoms. The molecule has 1 rings (SSSR count). The third-order valence-electron chi connectivity index (χ3n) is 1.51. The Morgan fingerprint density at radius 3 is 3.00 bits per heavy atom. The minimum absolute atomic E-state index is 0.0612. The van der Waals surface area contributed by atoms with Crippen molar-refractivity contribution in [3.8, 4) is 0 Å². The van der Waals surface area contributed by atoms with Crippen molar-refractivity contribution in [2.24, 2.45) is 0 Å². The van der Waals surface area contributed by atoms with Gasteiger partial charge in [-0.05, 0) is 17.7 Å². The van der Waals surface area contributed by atoms with Gasteiger partial charge in [-0.1, -0.05) is 12.1 Å². The summed E-state index contributed by atoms with van der Waals surface area (Å²) in [4.78, 5) is 10.8. The van der Waals surface area contributed by atoms with Crippen LogP contribution in [0.3, 0.4) is 0 Å². The summed E-state index contributed by atoms with van der Waals surface area (Å²) in [5, 5.41) is 17.9. The first-order valence-corrected chi connectivity index (χ1v) is 3.77. The smallest absolute Gasteiger partial charge is 0.266 e. The molecule has 0 saturated heterocycles. The summed E-state index contributed by atoms with van der Waals surface area (Å²) < 4.78 is 0. The van der Waals surface area contributed by atoms with Crippen LogP contribution in [0.5, 0.6) is 0 Å². The Morgan fingerprint density at radius 2 is 2.38 bits per heavy atom. The van der Waals surface area contributed by atoms with E-state index in [1.807, 2.05) is 0 Å². The van der Waals surface area contributed by atoms with Crippen molar-refractivity contribution in [1.82, 2.24) is 0 Å². The number of carbonyl (C=O) groups is 1. The Kier molecular flexibility index (Phi) is 3.16. The van der Waals surface area contributed by atoms with Gasteiger partial charge in [-0.25, -0.2) is 0 Å². The molecule has 0 aromatic heterocycles. The van der Waals surface area contributed by atoms with E-state index in [1.165, 1.54) is 0 Å². The molecule has 4 nitrogen and oxygen atoms in total. The normalized spacial score (nSPS) is 9.31. The van der Waals surface area contributed by atoms with Crippen LogP contribution in [0.2, 0.25) is 0 Å². The van der Waals surface area contributed by atoms with E-state index >= 15 is 0 Å². The number of rotatable bonds is 3. The third kappa shape index (κ3) is 2.68. The van der Waals surface area contributed by atoms with Crippen molar-refractivity contribution in [1.29, 1.82) is 5.41 Å². The van der Waals surface area contributed by atoms with Crippen LogP contribution in [-0.2, 0) is 11.4 Å². The van der Waals surface area contributed by atoms with Crippen molar-refractivity contribution in [3.05, 3.63) is 29.8 Å². The molecule has 1 aromatic carbocycles. The summed E-state index contributed by atoms with van der Waals surface area (Å²) in [5.74, 6) is -0.477. The van der Waals surface area contributed by atoms with Crippen molar-refractivity contribution in [2.75, 3.05) is 5.32 Å². The lowest BCUT2D eigenvalue weighted by molar-refractivity contribution is -0.110. The molecule has 68 valence electrons. The molecule has 0 spiro atoms. The second-order valence-electron chi connectivity index (χ2n) is 2.49. The number of nitrogens with one attached hydrogen (secondary N) is 2. The van der Waals surface area contributed by atoms with Crippen molar-refractivity contribution in [3.63, 3.8) is 0 Å². The summed E-state index contributed by atoms with van der Waals surface area (Å²) >= 11 is 0. The maximum absolute atomic E-state index is 10.8. The lowest BCUT2D eigenvalue weighted by Crippen LogP contribution is -2.11. The van der Waals surface area contributed by atoms with Crippen molar-refractivity contribution in [2.45, 2.75) is 6.61 Å². The first-order chi connectivity index (χ1) is 6.26. The molecule has 1 aromatic rings. The Hall–Kier alpha value is -1.68. The number of aliphatic hydroxyl groups excluding tert-OH is 1. The number of anilines is 1. The number of hydrogen-bond donors (Lipinski definition) is 3. The van der Waals surface area contributed by atoms with Gasteiger partial charge in [-0.3, -0.25) is 4.79 Å². The van der Waals surface area contributed by atoms with Gasteiger partial charge in [0.2, 0.25) is 0 Å². The first kappa shape index (κ1) is 9.41. The summed E-state index contributed by atoms with van der Waals surface area (Å²) in [6.45, 7) is -0.0612. The highest BCUT2D eigenvalue weighted by Gasteiger charge is 1.97. The zero-order chi connectivity index (χ0) is 9.68. The maximum Gasteiger partial charge on any atom is 0.266 e. The minimum Gasteiger partial charge on any atom is -0.392 e. The predicted molar refractivity (Wildman–Crippen MR) is 49.8 cm³/mol. The number of amides is 1. The molecular formula is C9H10N2O2. The van der Waals surface area contributed by atoms with Crippen LogP contribution >= 0.6 is 0 Å². The van der Waals surface area contributed by atoms with Gasteiger partial charge in [0.15, 0.2) is 0 Å². The summed E-state index contributed by atoms with van der Waals surface area (Å²) in [6.07, 6.45) is 0.700. The van der Waals surface area contributed by atoms with Gasteiger partial charge >= 0.3 is 0 Å². The second-order valence-corrected chi connectivity index (χ2v) is 2.49. The van der Waals surface area contributed by atoms with Gasteiger partial charge in [0.05, 0.1) is 12.8 Å². The fourth-order valence-electron chi connectivity index (χ4n) is 0.926. The quantitative estimate of drug-likeness (QED) is 0.598. The molecular weight excluding hydrogens is 168 g/mol. The molecule has 0 radical (unpaired) electrons. The highest BCUT2D eigenvalue weighted by Crippen LogP contribution is 2.09. The number of aliphatic hydroxyl groups is 1. The Balaban J connectivity index is 2.77. The number of carbonyl (C=O) groups excluding carboxylic acids is 1. The monoisotopic (exact) mass is 178 g/mol. The van der Waals surface area contributed by atoms with E-state index < -0.39 is 5.91 Å². The van der Waals surface area contributed by atoms with E-state index in [0.717, 1.165) is 5.56 Å².